The average Bonchev–Trinajstić information content (AvgIpc) is 2.62. The summed E-state index contributed by atoms with van der Waals surface area (Å²) in [5.41, 5.74) is 1.29. The van der Waals surface area contributed by atoms with Gasteiger partial charge >= 0.3 is 0 Å². The summed E-state index contributed by atoms with van der Waals surface area (Å²) >= 11 is 0. The highest BCUT2D eigenvalue weighted by Crippen LogP contribution is 2.21. The van der Waals surface area contributed by atoms with Crippen molar-refractivity contribution in [2.75, 3.05) is 25.6 Å². The van der Waals surface area contributed by atoms with Crippen LogP contribution in [-0.2, 0) is 4.74 Å². The topological polar surface area (TPSA) is 73.1 Å². The van der Waals surface area contributed by atoms with Crippen LogP contribution in [0, 0.1) is 6.92 Å². The van der Waals surface area contributed by atoms with Crippen LogP contribution >= 0.6 is 0 Å². The molecule has 2 aromatic rings. The van der Waals surface area contributed by atoms with Gasteiger partial charge in [-0.25, -0.2) is 4.98 Å². The van der Waals surface area contributed by atoms with Gasteiger partial charge in [0.2, 0.25) is 0 Å². The lowest BCUT2D eigenvalue weighted by Gasteiger charge is -2.04. The molecule has 2 rings (SSSR count). The minimum absolute atomic E-state index is 0.502. The molecule has 0 atom stereocenters. The van der Waals surface area contributed by atoms with Crippen molar-refractivity contribution in [3.8, 4) is 0 Å². The SMILES string of the molecule is COCCNc1ncnc2onc(C)c12. The lowest BCUT2D eigenvalue weighted by Crippen LogP contribution is -2.09. The van der Waals surface area contributed by atoms with Crippen molar-refractivity contribution in [3.05, 3.63) is 12.0 Å². The molecule has 0 radical (unpaired) electrons. The van der Waals surface area contributed by atoms with Gasteiger partial charge in [-0.2, -0.15) is 4.98 Å². The number of hydrogen-bond donors (Lipinski definition) is 1. The molecular formula is C9H12N4O2. The number of aryl methyl sites for hydroxylation is 1. The lowest BCUT2D eigenvalue weighted by atomic mass is 10.3. The molecule has 2 aromatic heterocycles. The van der Waals surface area contributed by atoms with Crippen LogP contribution in [0.15, 0.2) is 10.9 Å². The third kappa shape index (κ3) is 1.89. The van der Waals surface area contributed by atoms with Crippen molar-refractivity contribution in [1.82, 2.24) is 15.1 Å². The van der Waals surface area contributed by atoms with Crippen LogP contribution < -0.4 is 5.32 Å². The van der Waals surface area contributed by atoms with Crippen LogP contribution in [-0.4, -0.2) is 35.4 Å². The van der Waals surface area contributed by atoms with Gasteiger partial charge in [-0.05, 0) is 6.92 Å². The summed E-state index contributed by atoms with van der Waals surface area (Å²) in [6.07, 6.45) is 1.45. The van der Waals surface area contributed by atoms with Gasteiger partial charge in [-0.1, -0.05) is 5.16 Å². The quantitative estimate of drug-likeness (QED) is 0.755. The molecule has 0 fully saturated rings. The second-order valence-corrected chi connectivity index (χ2v) is 3.09. The fourth-order valence-electron chi connectivity index (χ4n) is 1.33. The van der Waals surface area contributed by atoms with E-state index < -0.39 is 0 Å². The number of nitrogens with zero attached hydrogens (tertiary/aromatic N) is 3. The molecule has 0 bridgehead atoms. The predicted molar refractivity (Wildman–Crippen MR) is 54.7 cm³/mol. The molecule has 0 spiro atoms. The Kier molecular flexibility index (Phi) is 2.77. The number of ether oxygens (including phenoxy) is 1. The summed E-state index contributed by atoms with van der Waals surface area (Å²) in [4.78, 5) is 8.11. The third-order valence-electron chi connectivity index (χ3n) is 2.04. The van der Waals surface area contributed by atoms with Crippen molar-refractivity contribution in [3.63, 3.8) is 0 Å². The van der Waals surface area contributed by atoms with Crippen molar-refractivity contribution in [2.24, 2.45) is 0 Å². The van der Waals surface area contributed by atoms with Crippen LogP contribution in [0.4, 0.5) is 5.82 Å². The molecular weight excluding hydrogens is 196 g/mol. The highest BCUT2D eigenvalue weighted by Gasteiger charge is 2.10. The van der Waals surface area contributed by atoms with Gasteiger partial charge < -0.3 is 14.6 Å². The first kappa shape index (κ1) is 9.85. The van der Waals surface area contributed by atoms with Gasteiger partial charge in [-0.3, -0.25) is 0 Å². The molecule has 0 saturated heterocycles. The normalized spacial score (nSPS) is 10.8. The number of aromatic nitrogens is 3. The zero-order chi connectivity index (χ0) is 10.7. The van der Waals surface area contributed by atoms with E-state index >= 15 is 0 Å². The second-order valence-electron chi connectivity index (χ2n) is 3.09. The number of anilines is 1. The highest BCUT2D eigenvalue weighted by atomic mass is 16.5. The maximum absolute atomic E-state index is 5.02. The number of rotatable bonds is 4. The molecule has 15 heavy (non-hydrogen) atoms. The van der Waals surface area contributed by atoms with Crippen molar-refractivity contribution in [2.45, 2.75) is 6.92 Å². The molecule has 80 valence electrons. The van der Waals surface area contributed by atoms with Crippen molar-refractivity contribution in [1.29, 1.82) is 0 Å². The van der Waals surface area contributed by atoms with E-state index in [4.69, 9.17) is 9.26 Å². The van der Waals surface area contributed by atoms with E-state index in [9.17, 15) is 0 Å². The summed E-state index contributed by atoms with van der Waals surface area (Å²) in [5, 5.41) is 7.80. The minimum Gasteiger partial charge on any atom is -0.383 e. The second kappa shape index (κ2) is 4.22. The molecule has 0 aliphatic carbocycles. The summed E-state index contributed by atoms with van der Waals surface area (Å²) in [6, 6.07) is 0. The molecule has 0 aromatic carbocycles. The molecule has 0 saturated carbocycles. The Morgan fingerprint density at radius 2 is 2.33 bits per heavy atom. The first-order valence-electron chi connectivity index (χ1n) is 4.62. The Bertz CT molecular complexity index is 454. The van der Waals surface area contributed by atoms with Crippen LogP contribution in [0.25, 0.3) is 11.1 Å². The molecule has 0 unspecified atom stereocenters. The fraction of sp³-hybridized carbons (Fsp3) is 0.444. The number of nitrogens with one attached hydrogen (secondary N) is 1. The van der Waals surface area contributed by atoms with E-state index in [0.29, 0.717) is 18.9 Å². The zero-order valence-electron chi connectivity index (χ0n) is 8.65. The van der Waals surface area contributed by atoms with E-state index in [1.807, 2.05) is 6.92 Å². The minimum atomic E-state index is 0.502. The average molecular weight is 208 g/mol. The van der Waals surface area contributed by atoms with Crippen LogP contribution in [0.3, 0.4) is 0 Å². The smallest absolute Gasteiger partial charge is 0.263 e. The monoisotopic (exact) mass is 208 g/mol. The van der Waals surface area contributed by atoms with Crippen molar-refractivity contribution < 1.29 is 9.26 Å². The molecule has 6 nitrogen and oxygen atoms in total. The first-order valence-corrected chi connectivity index (χ1v) is 4.62. The van der Waals surface area contributed by atoms with E-state index in [2.05, 4.69) is 20.4 Å². The van der Waals surface area contributed by atoms with Crippen LogP contribution in [0.2, 0.25) is 0 Å². The van der Waals surface area contributed by atoms with E-state index in [-0.39, 0.29) is 0 Å². The van der Waals surface area contributed by atoms with Gasteiger partial charge in [0.25, 0.3) is 5.71 Å². The van der Waals surface area contributed by atoms with Gasteiger partial charge in [0.15, 0.2) is 0 Å². The number of hydrogen-bond acceptors (Lipinski definition) is 6. The molecule has 0 aliphatic rings. The zero-order valence-corrected chi connectivity index (χ0v) is 8.65. The summed E-state index contributed by atoms with van der Waals surface area (Å²) in [6.45, 7) is 3.17. The Balaban J connectivity index is 2.29. The molecule has 6 heteroatoms. The number of methoxy groups -OCH3 is 1. The Morgan fingerprint density at radius 3 is 3.13 bits per heavy atom. The largest absolute Gasteiger partial charge is 0.383 e. The lowest BCUT2D eigenvalue weighted by molar-refractivity contribution is 0.210. The standard InChI is InChI=1S/C9H12N4O2/c1-6-7-8(10-3-4-14-2)11-5-12-9(7)15-13-6/h5H,3-4H2,1-2H3,(H,10,11,12). The molecule has 0 aliphatic heterocycles. The van der Waals surface area contributed by atoms with Gasteiger partial charge in [0, 0.05) is 13.7 Å². The summed E-state index contributed by atoms with van der Waals surface area (Å²) < 4.78 is 9.97. The Hall–Kier alpha value is -1.69. The molecule has 1 N–H and O–H groups in total. The van der Waals surface area contributed by atoms with Gasteiger partial charge in [0.05, 0.1) is 12.3 Å². The summed E-state index contributed by atoms with van der Waals surface area (Å²) in [7, 11) is 1.65. The van der Waals surface area contributed by atoms with Gasteiger partial charge in [-0.15, -0.1) is 0 Å². The van der Waals surface area contributed by atoms with Crippen molar-refractivity contribution >= 4 is 16.9 Å². The molecule has 2 heterocycles. The van der Waals surface area contributed by atoms with Crippen LogP contribution in [0.1, 0.15) is 5.69 Å². The van der Waals surface area contributed by atoms with E-state index in [1.165, 1.54) is 6.33 Å². The van der Waals surface area contributed by atoms with E-state index in [1.54, 1.807) is 7.11 Å². The predicted octanol–water partition coefficient (Wildman–Crippen LogP) is 0.985. The number of fused-ring (bicyclic) bond motifs is 1. The Morgan fingerprint density at radius 1 is 1.47 bits per heavy atom. The van der Waals surface area contributed by atoms with E-state index in [0.717, 1.165) is 16.9 Å². The molecule has 0 amide bonds. The fourth-order valence-corrected chi connectivity index (χ4v) is 1.33. The highest BCUT2D eigenvalue weighted by molar-refractivity contribution is 5.87. The summed E-state index contributed by atoms with van der Waals surface area (Å²) in [5.74, 6) is 0.732. The maximum atomic E-state index is 5.02. The van der Waals surface area contributed by atoms with Crippen LogP contribution in [0.5, 0.6) is 0 Å². The van der Waals surface area contributed by atoms with Gasteiger partial charge in [0.1, 0.15) is 17.5 Å². The Labute approximate surface area is 86.6 Å². The third-order valence-corrected chi connectivity index (χ3v) is 2.04. The maximum Gasteiger partial charge on any atom is 0.263 e. The first-order chi connectivity index (χ1) is 7.33.